The van der Waals surface area contributed by atoms with E-state index in [0.29, 0.717) is 0 Å². The molecule has 3 heterocycles. The molecule has 1 aromatic rings. The Morgan fingerprint density at radius 3 is 2.93 bits per heavy atom. The molecule has 0 amide bonds. The lowest BCUT2D eigenvalue weighted by molar-refractivity contribution is 0.623. The molecule has 2 aliphatic heterocycles. The molecule has 4 heteroatoms. The lowest BCUT2D eigenvalue weighted by Gasteiger charge is -2.24. The molecule has 1 N–H and O–H groups in total. The Morgan fingerprint density at radius 1 is 1.20 bits per heavy atom. The fraction of sp³-hybridized carbons (Fsp3) is 0.636. The molecule has 0 spiro atoms. The van der Waals surface area contributed by atoms with Crippen LogP contribution in [0.2, 0.25) is 0 Å². The number of fused-ring (bicyclic) bond motifs is 1. The zero-order valence-electron chi connectivity index (χ0n) is 8.87. The van der Waals surface area contributed by atoms with E-state index in [1.807, 2.05) is 0 Å². The Kier molecular flexibility index (Phi) is 2.29. The van der Waals surface area contributed by atoms with E-state index in [1.165, 1.54) is 29.9 Å². The summed E-state index contributed by atoms with van der Waals surface area (Å²) in [5.41, 5.74) is 2.57. The molecule has 0 radical (unpaired) electrons. The van der Waals surface area contributed by atoms with Gasteiger partial charge in [0.25, 0.3) is 0 Å². The molecular formula is C11H16N4. The number of rotatable bonds is 1. The third kappa shape index (κ3) is 1.59. The van der Waals surface area contributed by atoms with Crippen molar-refractivity contribution in [2.24, 2.45) is 0 Å². The van der Waals surface area contributed by atoms with Crippen molar-refractivity contribution in [1.29, 1.82) is 0 Å². The molecule has 1 saturated heterocycles. The topological polar surface area (TPSA) is 41.1 Å². The van der Waals surface area contributed by atoms with Crippen molar-refractivity contribution in [3.8, 4) is 0 Å². The van der Waals surface area contributed by atoms with Crippen LogP contribution in [0.1, 0.15) is 24.1 Å². The minimum Gasteiger partial charge on any atom is -0.356 e. The van der Waals surface area contributed by atoms with Crippen molar-refractivity contribution in [3.05, 3.63) is 17.6 Å². The summed E-state index contributed by atoms with van der Waals surface area (Å²) in [6.45, 7) is 4.29. The SMILES string of the molecule is c1nc2c(c(N3CCCC3)n1)CNCC2. The second kappa shape index (κ2) is 3.77. The lowest BCUT2D eigenvalue weighted by Crippen LogP contribution is -2.29. The van der Waals surface area contributed by atoms with Gasteiger partial charge >= 0.3 is 0 Å². The molecule has 3 rings (SSSR count). The molecular weight excluding hydrogens is 188 g/mol. The van der Waals surface area contributed by atoms with Gasteiger partial charge in [-0.15, -0.1) is 0 Å². The number of aromatic nitrogens is 2. The van der Waals surface area contributed by atoms with Gasteiger partial charge < -0.3 is 10.2 Å². The Labute approximate surface area is 89.7 Å². The van der Waals surface area contributed by atoms with Gasteiger partial charge in [0.15, 0.2) is 0 Å². The molecule has 1 aromatic heterocycles. The van der Waals surface area contributed by atoms with Gasteiger partial charge in [-0.05, 0) is 12.8 Å². The maximum Gasteiger partial charge on any atom is 0.136 e. The van der Waals surface area contributed by atoms with E-state index in [9.17, 15) is 0 Å². The van der Waals surface area contributed by atoms with E-state index < -0.39 is 0 Å². The Morgan fingerprint density at radius 2 is 2.07 bits per heavy atom. The van der Waals surface area contributed by atoms with Crippen LogP contribution in [0.5, 0.6) is 0 Å². The normalized spacial score (nSPS) is 20.4. The average molecular weight is 204 g/mol. The second-order valence-electron chi connectivity index (χ2n) is 4.24. The molecule has 4 nitrogen and oxygen atoms in total. The Bertz CT molecular complexity index is 358. The molecule has 0 saturated carbocycles. The zero-order valence-corrected chi connectivity index (χ0v) is 8.87. The summed E-state index contributed by atoms with van der Waals surface area (Å²) in [5, 5.41) is 3.40. The number of nitrogens with zero attached hydrogens (tertiary/aromatic N) is 3. The van der Waals surface area contributed by atoms with E-state index in [-0.39, 0.29) is 0 Å². The summed E-state index contributed by atoms with van der Waals surface area (Å²) in [6.07, 6.45) is 5.36. The van der Waals surface area contributed by atoms with Crippen LogP contribution in [-0.4, -0.2) is 29.6 Å². The number of nitrogens with one attached hydrogen (secondary N) is 1. The predicted octanol–water partition coefficient (Wildman–Crippen LogP) is 0.722. The highest BCUT2D eigenvalue weighted by Gasteiger charge is 2.21. The number of hydrogen-bond acceptors (Lipinski definition) is 4. The monoisotopic (exact) mass is 204 g/mol. The zero-order chi connectivity index (χ0) is 10.1. The van der Waals surface area contributed by atoms with Gasteiger partial charge in [0.05, 0.1) is 5.69 Å². The maximum absolute atomic E-state index is 4.45. The molecule has 2 aliphatic rings. The lowest BCUT2D eigenvalue weighted by atomic mass is 10.1. The van der Waals surface area contributed by atoms with Crippen LogP contribution in [0.4, 0.5) is 5.82 Å². The molecule has 0 aliphatic carbocycles. The Hall–Kier alpha value is -1.16. The summed E-state index contributed by atoms with van der Waals surface area (Å²) in [5.74, 6) is 1.17. The standard InChI is InChI=1S/C11H16N4/c1-2-6-15(5-1)11-9-7-12-4-3-10(9)13-8-14-11/h8,12H,1-7H2. The third-order valence-corrected chi connectivity index (χ3v) is 3.26. The summed E-state index contributed by atoms with van der Waals surface area (Å²) < 4.78 is 0. The van der Waals surface area contributed by atoms with Crippen LogP contribution in [0.3, 0.4) is 0 Å². The van der Waals surface area contributed by atoms with Crippen molar-refractivity contribution in [2.75, 3.05) is 24.5 Å². The molecule has 1 fully saturated rings. The molecule has 0 atom stereocenters. The Balaban J connectivity index is 1.99. The van der Waals surface area contributed by atoms with Crippen LogP contribution < -0.4 is 10.2 Å². The summed E-state index contributed by atoms with van der Waals surface area (Å²) >= 11 is 0. The first-order chi connectivity index (χ1) is 7.45. The van der Waals surface area contributed by atoms with Crippen molar-refractivity contribution in [3.63, 3.8) is 0 Å². The van der Waals surface area contributed by atoms with Crippen molar-refractivity contribution >= 4 is 5.82 Å². The van der Waals surface area contributed by atoms with Crippen LogP contribution in [0.15, 0.2) is 6.33 Å². The van der Waals surface area contributed by atoms with Crippen LogP contribution in [0.25, 0.3) is 0 Å². The van der Waals surface area contributed by atoms with E-state index in [1.54, 1.807) is 6.33 Å². The maximum atomic E-state index is 4.45. The van der Waals surface area contributed by atoms with E-state index in [2.05, 4.69) is 20.2 Å². The molecule has 0 bridgehead atoms. The van der Waals surface area contributed by atoms with Crippen molar-refractivity contribution in [2.45, 2.75) is 25.8 Å². The van der Waals surface area contributed by atoms with Gasteiger partial charge in [-0.1, -0.05) is 0 Å². The second-order valence-corrected chi connectivity index (χ2v) is 4.24. The molecule has 0 unspecified atom stereocenters. The van der Waals surface area contributed by atoms with Crippen LogP contribution in [-0.2, 0) is 13.0 Å². The molecule has 0 aromatic carbocycles. The largest absolute Gasteiger partial charge is 0.356 e. The highest BCUT2D eigenvalue weighted by Crippen LogP contribution is 2.25. The minimum absolute atomic E-state index is 0.933. The molecule has 80 valence electrons. The smallest absolute Gasteiger partial charge is 0.136 e. The van der Waals surface area contributed by atoms with E-state index in [0.717, 1.165) is 32.6 Å². The highest BCUT2D eigenvalue weighted by molar-refractivity contribution is 5.50. The van der Waals surface area contributed by atoms with Gasteiger partial charge in [0.2, 0.25) is 0 Å². The highest BCUT2D eigenvalue weighted by atomic mass is 15.2. The van der Waals surface area contributed by atoms with Crippen molar-refractivity contribution < 1.29 is 0 Å². The first kappa shape index (κ1) is 9.09. The van der Waals surface area contributed by atoms with Gasteiger partial charge in [0, 0.05) is 38.2 Å². The van der Waals surface area contributed by atoms with Gasteiger partial charge in [-0.2, -0.15) is 0 Å². The first-order valence-electron chi connectivity index (χ1n) is 5.73. The number of hydrogen-bond donors (Lipinski definition) is 1. The van der Waals surface area contributed by atoms with Crippen LogP contribution >= 0.6 is 0 Å². The van der Waals surface area contributed by atoms with Gasteiger partial charge in [-0.25, -0.2) is 9.97 Å². The van der Waals surface area contributed by atoms with Crippen LogP contribution in [0, 0.1) is 0 Å². The van der Waals surface area contributed by atoms with Crippen molar-refractivity contribution in [1.82, 2.24) is 15.3 Å². The fourth-order valence-electron chi connectivity index (χ4n) is 2.46. The molecule has 15 heavy (non-hydrogen) atoms. The van der Waals surface area contributed by atoms with E-state index >= 15 is 0 Å². The predicted molar refractivity (Wildman–Crippen MR) is 58.9 cm³/mol. The fourth-order valence-corrected chi connectivity index (χ4v) is 2.46. The minimum atomic E-state index is 0.933. The van der Waals surface area contributed by atoms with E-state index in [4.69, 9.17) is 0 Å². The summed E-state index contributed by atoms with van der Waals surface area (Å²) in [7, 11) is 0. The summed E-state index contributed by atoms with van der Waals surface area (Å²) in [4.78, 5) is 11.2. The van der Waals surface area contributed by atoms with Gasteiger partial charge in [0.1, 0.15) is 12.1 Å². The third-order valence-electron chi connectivity index (χ3n) is 3.26. The number of anilines is 1. The quantitative estimate of drug-likeness (QED) is 0.732. The first-order valence-corrected chi connectivity index (χ1v) is 5.73. The summed E-state index contributed by atoms with van der Waals surface area (Å²) in [6, 6.07) is 0. The average Bonchev–Trinajstić information content (AvgIpc) is 2.82. The van der Waals surface area contributed by atoms with Gasteiger partial charge in [-0.3, -0.25) is 0 Å².